The highest BCUT2D eigenvalue weighted by molar-refractivity contribution is 5.96. The number of piperazine rings is 1. The topological polar surface area (TPSA) is 71.5 Å². The van der Waals surface area contributed by atoms with Crippen LogP contribution in [0.3, 0.4) is 0 Å². The van der Waals surface area contributed by atoms with E-state index < -0.39 is 12.1 Å². The first kappa shape index (κ1) is 15.3. The Bertz CT molecular complexity index is 586. The molecule has 1 saturated heterocycles. The van der Waals surface area contributed by atoms with Crippen LogP contribution >= 0.6 is 0 Å². The van der Waals surface area contributed by atoms with Crippen LogP contribution in [0, 0.1) is 13.8 Å². The molecule has 1 fully saturated rings. The summed E-state index contributed by atoms with van der Waals surface area (Å²) in [6.07, 6.45) is 1.73. The van der Waals surface area contributed by atoms with Crippen LogP contribution in [0.15, 0.2) is 6.20 Å². The lowest BCUT2D eigenvalue weighted by Gasteiger charge is -2.36. The van der Waals surface area contributed by atoms with Gasteiger partial charge in [0.1, 0.15) is 17.8 Å². The van der Waals surface area contributed by atoms with Gasteiger partial charge >= 0.3 is 0 Å². The van der Waals surface area contributed by atoms with Crippen LogP contribution in [0.25, 0.3) is 0 Å². The Kier molecular flexibility index (Phi) is 4.16. The summed E-state index contributed by atoms with van der Waals surface area (Å²) in [5.74, 6) is 0.538. The smallest absolute Gasteiger partial charge is 0.245 e. The fourth-order valence-corrected chi connectivity index (χ4v) is 2.58. The van der Waals surface area contributed by atoms with Gasteiger partial charge in [0, 0.05) is 17.3 Å². The highest BCUT2D eigenvalue weighted by Crippen LogP contribution is 2.25. The summed E-state index contributed by atoms with van der Waals surface area (Å²) in [5, 5.41) is 2.67. The number of carbonyl (C=O) groups excluding carboxylic acids is 2. The van der Waals surface area contributed by atoms with Crippen LogP contribution < -0.4 is 10.1 Å². The number of hydrogen-bond acceptors (Lipinski definition) is 4. The predicted molar refractivity (Wildman–Crippen MR) is 77.9 cm³/mol. The van der Waals surface area contributed by atoms with Gasteiger partial charge in [-0.25, -0.2) is 0 Å². The number of amides is 2. The maximum atomic E-state index is 12.3. The fourth-order valence-electron chi connectivity index (χ4n) is 2.58. The van der Waals surface area contributed by atoms with Crippen molar-refractivity contribution in [3.05, 3.63) is 23.0 Å². The summed E-state index contributed by atoms with van der Waals surface area (Å²) in [6.45, 7) is 7.55. The van der Waals surface area contributed by atoms with Gasteiger partial charge in [0.15, 0.2) is 0 Å². The van der Waals surface area contributed by atoms with Crippen molar-refractivity contribution < 1.29 is 14.3 Å². The average Bonchev–Trinajstić information content (AvgIpc) is 2.44. The molecule has 0 spiro atoms. The molecular weight excluding hydrogens is 270 g/mol. The number of hydrogen-bond donors (Lipinski definition) is 1. The Labute approximate surface area is 124 Å². The lowest BCUT2D eigenvalue weighted by atomic mass is 10.1. The van der Waals surface area contributed by atoms with Gasteiger partial charge in [-0.15, -0.1) is 0 Å². The number of aromatic nitrogens is 1. The molecule has 2 unspecified atom stereocenters. The van der Waals surface area contributed by atoms with Crippen LogP contribution in [0.5, 0.6) is 5.75 Å². The van der Waals surface area contributed by atoms with Crippen molar-refractivity contribution in [3.8, 4) is 5.75 Å². The van der Waals surface area contributed by atoms with Crippen LogP contribution in [0.1, 0.15) is 30.7 Å². The third-order valence-corrected chi connectivity index (χ3v) is 3.93. The summed E-state index contributed by atoms with van der Waals surface area (Å²) in [4.78, 5) is 30.1. The first-order valence-corrected chi connectivity index (χ1v) is 6.96. The van der Waals surface area contributed by atoms with Gasteiger partial charge in [-0.2, -0.15) is 0 Å². The third-order valence-electron chi connectivity index (χ3n) is 3.93. The maximum absolute atomic E-state index is 12.3. The highest BCUT2D eigenvalue weighted by Gasteiger charge is 2.36. The van der Waals surface area contributed by atoms with Crippen LogP contribution in [-0.2, 0) is 16.1 Å². The molecule has 2 heterocycles. The lowest BCUT2D eigenvalue weighted by molar-refractivity contribution is -0.148. The first-order chi connectivity index (χ1) is 9.86. The number of ether oxygens (including phenoxy) is 1. The molecule has 1 aromatic heterocycles. The van der Waals surface area contributed by atoms with Gasteiger partial charge < -0.3 is 15.0 Å². The van der Waals surface area contributed by atoms with E-state index in [1.54, 1.807) is 32.1 Å². The van der Waals surface area contributed by atoms with Gasteiger partial charge in [-0.1, -0.05) is 0 Å². The number of pyridine rings is 1. The standard InChI is InChI=1S/C15H21N3O3/c1-8-6-16-12(9(2)13(8)21-5)7-18-11(4)14(19)17-10(3)15(18)20/h6,10-11H,7H2,1-5H3,(H,17,19). The zero-order valence-electron chi connectivity index (χ0n) is 13.1. The highest BCUT2D eigenvalue weighted by atomic mass is 16.5. The molecule has 2 rings (SSSR count). The molecule has 0 aliphatic carbocycles. The van der Waals surface area contributed by atoms with E-state index in [1.165, 1.54) is 0 Å². The number of aryl methyl sites for hydroxylation is 1. The van der Waals surface area contributed by atoms with Gasteiger partial charge in [0.05, 0.1) is 19.3 Å². The van der Waals surface area contributed by atoms with E-state index in [4.69, 9.17) is 4.74 Å². The molecule has 6 heteroatoms. The molecule has 1 aromatic rings. The molecular formula is C15H21N3O3. The molecule has 1 aliphatic rings. The average molecular weight is 291 g/mol. The Balaban J connectivity index is 2.32. The second kappa shape index (κ2) is 5.71. The van der Waals surface area contributed by atoms with Crippen LogP contribution in [-0.4, -0.2) is 40.9 Å². The minimum Gasteiger partial charge on any atom is -0.496 e. The summed E-state index contributed by atoms with van der Waals surface area (Å²) in [5.41, 5.74) is 2.60. The van der Waals surface area contributed by atoms with Crippen molar-refractivity contribution in [1.82, 2.24) is 15.2 Å². The number of carbonyl (C=O) groups is 2. The van der Waals surface area contributed by atoms with Crippen molar-refractivity contribution in [2.45, 2.75) is 46.3 Å². The summed E-state index contributed by atoms with van der Waals surface area (Å²) >= 11 is 0. The molecule has 114 valence electrons. The van der Waals surface area contributed by atoms with Gasteiger partial charge in [0.25, 0.3) is 0 Å². The number of nitrogens with zero attached hydrogens (tertiary/aromatic N) is 2. The van der Waals surface area contributed by atoms with E-state index in [0.29, 0.717) is 6.54 Å². The summed E-state index contributed by atoms with van der Waals surface area (Å²) in [7, 11) is 1.61. The molecule has 6 nitrogen and oxygen atoms in total. The molecule has 2 atom stereocenters. The number of rotatable bonds is 3. The predicted octanol–water partition coefficient (Wildman–Crippen LogP) is 0.942. The van der Waals surface area contributed by atoms with Crippen molar-refractivity contribution in [3.63, 3.8) is 0 Å². The Morgan fingerprint density at radius 1 is 1.33 bits per heavy atom. The first-order valence-electron chi connectivity index (χ1n) is 6.96. The Morgan fingerprint density at radius 3 is 2.62 bits per heavy atom. The molecule has 2 amide bonds. The molecule has 1 aliphatic heterocycles. The number of methoxy groups -OCH3 is 1. The largest absolute Gasteiger partial charge is 0.496 e. The minimum absolute atomic E-state index is 0.0946. The lowest BCUT2D eigenvalue weighted by Crippen LogP contribution is -2.61. The van der Waals surface area contributed by atoms with Crippen molar-refractivity contribution in [2.24, 2.45) is 0 Å². The van der Waals surface area contributed by atoms with E-state index in [1.807, 2.05) is 13.8 Å². The summed E-state index contributed by atoms with van der Waals surface area (Å²) < 4.78 is 5.38. The zero-order chi connectivity index (χ0) is 15.7. The van der Waals surface area contributed by atoms with Crippen LogP contribution in [0.2, 0.25) is 0 Å². The molecule has 0 bridgehead atoms. The second-order valence-electron chi connectivity index (χ2n) is 5.42. The number of nitrogens with one attached hydrogen (secondary N) is 1. The second-order valence-corrected chi connectivity index (χ2v) is 5.42. The van der Waals surface area contributed by atoms with Gasteiger partial charge in [0.2, 0.25) is 11.8 Å². The SMILES string of the molecule is COc1c(C)cnc(CN2C(=O)C(C)NC(=O)C2C)c1C. The molecule has 0 aromatic carbocycles. The zero-order valence-corrected chi connectivity index (χ0v) is 13.1. The van der Waals surface area contributed by atoms with E-state index in [9.17, 15) is 9.59 Å². The van der Waals surface area contributed by atoms with E-state index in [2.05, 4.69) is 10.3 Å². The normalized spacial score (nSPS) is 22.2. The molecule has 1 N–H and O–H groups in total. The molecule has 0 radical (unpaired) electrons. The molecule has 21 heavy (non-hydrogen) atoms. The minimum atomic E-state index is -0.499. The Hall–Kier alpha value is -2.11. The van der Waals surface area contributed by atoms with E-state index in [-0.39, 0.29) is 11.8 Å². The van der Waals surface area contributed by atoms with E-state index in [0.717, 1.165) is 22.6 Å². The monoisotopic (exact) mass is 291 g/mol. The van der Waals surface area contributed by atoms with Gasteiger partial charge in [-0.3, -0.25) is 14.6 Å². The molecule has 0 saturated carbocycles. The van der Waals surface area contributed by atoms with Crippen LogP contribution in [0.4, 0.5) is 0 Å². The van der Waals surface area contributed by atoms with Gasteiger partial charge in [-0.05, 0) is 27.7 Å². The fraction of sp³-hybridized carbons (Fsp3) is 0.533. The third kappa shape index (κ3) is 2.70. The van der Waals surface area contributed by atoms with Crippen molar-refractivity contribution >= 4 is 11.8 Å². The van der Waals surface area contributed by atoms with Crippen molar-refractivity contribution in [1.29, 1.82) is 0 Å². The quantitative estimate of drug-likeness (QED) is 0.900. The summed E-state index contributed by atoms with van der Waals surface area (Å²) in [6, 6.07) is -0.997. The van der Waals surface area contributed by atoms with Crippen molar-refractivity contribution in [2.75, 3.05) is 7.11 Å². The van der Waals surface area contributed by atoms with E-state index >= 15 is 0 Å². The Morgan fingerprint density at radius 2 is 2.00 bits per heavy atom. The maximum Gasteiger partial charge on any atom is 0.245 e.